The topological polar surface area (TPSA) is 41.9 Å². The molecule has 0 saturated heterocycles. The van der Waals surface area contributed by atoms with Crippen molar-refractivity contribution in [1.82, 2.24) is 5.06 Å². The van der Waals surface area contributed by atoms with Gasteiger partial charge in [0.05, 0.1) is 17.2 Å². The molecule has 0 bridgehead atoms. The van der Waals surface area contributed by atoms with Gasteiger partial charge < -0.3 is 0 Å². The zero-order valence-electron chi connectivity index (χ0n) is 12.5. The summed E-state index contributed by atoms with van der Waals surface area (Å²) in [6.07, 6.45) is 2.31. The van der Waals surface area contributed by atoms with Crippen molar-refractivity contribution in [2.45, 2.75) is 52.2 Å². The number of nitrogens with zero attached hydrogens (tertiary/aromatic N) is 2. The van der Waals surface area contributed by atoms with E-state index < -0.39 is 5.66 Å². The molecule has 1 aliphatic heterocycles. The second kappa shape index (κ2) is 6.20. The molecule has 1 rings (SSSR count). The van der Waals surface area contributed by atoms with Gasteiger partial charge in [0.15, 0.2) is 0 Å². The van der Waals surface area contributed by atoms with Crippen LogP contribution >= 0.6 is 11.8 Å². The lowest BCUT2D eigenvalue weighted by Crippen LogP contribution is -2.51. The molecule has 108 valence electrons. The summed E-state index contributed by atoms with van der Waals surface area (Å²) in [5.74, 6) is 0.978. The minimum absolute atomic E-state index is 0.211. The molecule has 0 radical (unpaired) electrons. The molecular weight excluding hydrogens is 260 g/mol. The number of hydroxylamine groups is 2. The van der Waals surface area contributed by atoms with Gasteiger partial charge in [-0.3, -0.25) is 14.6 Å². The SMILES string of the molecule is C=CCON1C(C)(C)N=C(SCCC(C)=O)C1(C)C. The lowest BCUT2D eigenvalue weighted by Gasteiger charge is -2.37. The number of carbonyl (C=O) groups excluding carboxylic acids is 1. The van der Waals surface area contributed by atoms with Crippen molar-refractivity contribution in [1.29, 1.82) is 0 Å². The number of carbonyl (C=O) groups is 1. The van der Waals surface area contributed by atoms with Crippen molar-refractivity contribution in [2.24, 2.45) is 4.99 Å². The molecule has 0 aromatic heterocycles. The van der Waals surface area contributed by atoms with Crippen molar-refractivity contribution in [3.63, 3.8) is 0 Å². The van der Waals surface area contributed by atoms with Crippen LogP contribution in [0.1, 0.15) is 41.0 Å². The predicted molar refractivity (Wildman–Crippen MR) is 81.3 cm³/mol. The Balaban J connectivity index is 2.76. The third-order valence-electron chi connectivity index (χ3n) is 2.92. The first-order valence-electron chi connectivity index (χ1n) is 6.48. The molecule has 19 heavy (non-hydrogen) atoms. The van der Waals surface area contributed by atoms with Gasteiger partial charge >= 0.3 is 0 Å². The molecule has 0 aromatic carbocycles. The third-order valence-corrected chi connectivity index (χ3v) is 4.19. The molecule has 0 spiro atoms. The Bertz CT molecular complexity index is 389. The second-order valence-corrected chi connectivity index (χ2v) is 6.73. The number of Topliss-reactive ketones (excluding diaryl/α,β-unsaturated/α-hetero) is 1. The lowest BCUT2D eigenvalue weighted by atomic mass is 10.1. The summed E-state index contributed by atoms with van der Waals surface area (Å²) in [5, 5.41) is 2.93. The van der Waals surface area contributed by atoms with Crippen LogP contribution in [0.3, 0.4) is 0 Å². The number of hydrogen-bond acceptors (Lipinski definition) is 5. The van der Waals surface area contributed by atoms with E-state index in [1.54, 1.807) is 24.8 Å². The van der Waals surface area contributed by atoms with E-state index in [1.165, 1.54) is 0 Å². The Morgan fingerprint density at radius 2 is 2.11 bits per heavy atom. The summed E-state index contributed by atoms with van der Waals surface area (Å²) in [6, 6.07) is 0. The normalized spacial score (nSPS) is 21.2. The highest BCUT2D eigenvalue weighted by Gasteiger charge is 2.48. The summed E-state index contributed by atoms with van der Waals surface area (Å²) >= 11 is 1.64. The maximum Gasteiger partial charge on any atom is 0.132 e. The fourth-order valence-electron chi connectivity index (χ4n) is 2.15. The molecule has 1 heterocycles. The van der Waals surface area contributed by atoms with Crippen LogP contribution in [0.15, 0.2) is 17.6 Å². The van der Waals surface area contributed by atoms with Crippen LogP contribution < -0.4 is 0 Å². The first-order chi connectivity index (χ1) is 8.71. The maximum absolute atomic E-state index is 11.0. The van der Waals surface area contributed by atoms with Crippen LogP contribution in [-0.2, 0) is 9.63 Å². The van der Waals surface area contributed by atoms with Gasteiger partial charge in [-0.15, -0.1) is 23.4 Å². The van der Waals surface area contributed by atoms with Crippen LogP contribution in [0, 0.1) is 0 Å². The monoisotopic (exact) mass is 284 g/mol. The highest BCUT2D eigenvalue weighted by atomic mass is 32.2. The van der Waals surface area contributed by atoms with E-state index in [9.17, 15) is 4.79 Å². The summed E-state index contributed by atoms with van der Waals surface area (Å²) in [7, 11) is 0. The fourth-order valence-corrected chi connectivity index (χ4v) is 3.46. The highest BCUT2D eigenvalue weighted by Crippen LogP contribution is 2.39. The van der Waals surface area contributed by atoms with E-state index >= 15 is 0 Å². The fraction of sp³-hybridized carbons (Fsp3) is 0.714. The van der Waals surface area contributed by atoms with Crippen LogP contribution in [0.2, 0.25) is 0 Å². The van der Waals surface area contributed by atoms with E-state index in [0.717, 1.165) is 10.8 Å². The third kappa shape index (κ3) is 3.91. The van der Waals surface area contributed by atoms with E-state index in [4.69, 9.17) is 9.83 Å². The molecular formula is C14H24N2O2S. The standard InChI is InChI=1S/C14H24N2O2S/c1-7-9-18-16-13(3,4)12(15-14(16,5)6)19-10-8-11(2)17/h7H,1,8-10H2,2-6H3. The van der Waals surface area contributed by atoms with E-state index in [2.05, 4.69) is 20.4 Å². The van der Waals surface area contributed by atoms with Crippen LogP contribution in [0.4, 0.5) is 0 Å². The molecule has 0 unspecified atom stereocenters. The van der Waals surface area contributed by atoms with Crippen LogP contribution in [0.25, 0.3) is 0 Å². The maximum atomic E-state index is 11.0. The Hall–Kier alpha value is -0.650. The molecule has 0 N–H and O–H groups in total. The van der Waals surface area contributed by atoms with Gasteiger partial charge in [-0.25, -0.2) is 0 Å². The van der Waals surface area contributed by atoms with Gasteiger partial charge in [0.1, 0.15) is 11.4 Å². The lowest BCUT2D eigenvalue weighted by molar-refractivity contribution is -0.228. The Morgan fingerprint density at radius 1 is 1.47 bits per heavy atom. The Morgan fingerprint density at radius 3 is 2.63 bits per heavy atom. The van der Waals surface area contributed by atoms with Gasteiger partial charge in [0.2, 0.25) is 0 Å². The minimum Gasteiger partial charge on any atom is -0.300 e. The van der Waals surface area contributed by atoms with Gasteiger partial charge in [-0.05, 0) is 34.6 Å². The highest BCUT2D eigenvalue weighted by molar-refractivity contribution is 8.14. The zero-order chi connectivity index (χ0) is 14.7. The van der Waals surface area contributed by atoms with Gasteiger partial charge in [0, 0.05) is 12.2 Å². The number of aliphatic imine (C=N–C) groups is 1. The summed E-state index contributed by atoms with van der Waals surface area (Å²) in [6.45, 7) is 14.0. The molecule has 5 heteroatoms. The van der Waals surface area contributed by atoms with Crippen molar-refractivity contribution in [2.75, 3.05) is 12.4 Å². The van der Waals surface area contributed by atoms with Gasteiger partial charge in [-0.2, -0.15) is 0 Å². The molecule has 1 aliphatic rings. The molecule has 0 aliphatic carbocycles. The van der Waals surface area contributed by atoms with E-state index in [1.807, 2.05) is 18.9 Å². The van der Waals surface area contributed by atoms with E-state index in [-0.39, 0.29) is 11.3 Å². The van der Waals surface area contributed by atoms with Gasteiger partial charge in [0.25, 0.3) is 0 Å². The smallest absolute Gasteiger partial charge is 0.132 e. The zero-order valence-corrected chi connectivity index (χ0v) is 13.3. The van der Waals surface area contributed by atoms with Crippen molar-refractivity contribution < 1.29 is 9.63 Å². The predicted octanol–water partition coefficient (Wildman–Crippen LogP) is 3.05. The Labute approximate surface area is 120 Å². The molecule has 4 nitrogen and oxygen atoms in total. The molecule has 0 amide bonds. The number of rotatable bonds is 6. The Kier molecular flexibility index (Phi) is 5.35. The quantitative estimate of drug-likeness (QED) is 0.703. The first-order valence-corrected chi connectivity index (χ1v) is 7.47. The van der Waals surface area contributed by atoms with Crippen LogP contribution in [0.5, 0.6) is 0 Å². The largest absolute Gasteiger partial charge is 0.300 e. The number of ketones is 1. The average molecular weight is 284 g/mol. The van der Waals surface area contributed by atoms with Crippen LogP contribution in [-0.4, -0.2) is 39.5 Å². The molecule has 0 aromatic rings. The molecule has 0 fully saturated rings. The number of thioether (sulfide) groups is 1. The van der Waals surface area contributed by atoms with Crippen molar-refractivity contribution in [3.05, 3.63) is 12.7 Å². The van der Waals surface area contributed by atoms with Gasteiger partial charge in [-0.1, -0.05) is 6.08 Å². The molecule has 0 saturated carbocycles. The summed E-state index contributed by atoms with van der Waals surface area (Å²) in [5.41, 5.74) is -0.682. The average Bonchev–Trinajstić information content (AvgIpc) is 2.43. The minimum atomic E-state index is -0.398. The van der Waals surface area contributed by atoms with E-state index in [0.29, 0.717) is 13.0 Å². The summed E-state index contributed by atoms with van der Waals surface area (Å²) in [4.78, 5) is 21.5. The summed E-state index contributed by atoms with van der Waals surface area (Å²) < 4.78 is 0. The first kappa shape index (κ1) is 16.4. The second-order valence-electron chi connectivity index (χ2n) is 5.65. The number of hydrogen-bond donors (Lipinski definition) is 0. The van der Waals surface area contributed by atoms with Crippen molar-refractivity contribution >= 4 is 22.6 Å². The molecule has 0 atom stereocenters. The van der Waals surface area contributed by atoms with Crippen molar-refractivity contribution in [3.8, 4) is 0 Å².